The Hall–Kier alpha value is -0.690. The van der Waals surface area contributed by atoms with Gasteiger partial charge in [0.25, 0.3) is 0 Å². The van der Waals surface area contributed by atoms with E-state index in [0.717, 1.165) is 18.0 Å². The minimum Gasteiger partial charge on any atom is -0.481 e. The zero-order valence-corrected chi connectivity index (χ0v) is 14.0. The van der Waals surface area contributed by atoms with Crippen molar-refractivity contribution in [3.8, 4) is 0 Å². The number of thioether (sulfide) groups is 2. The molecule has 1 saturated carbocycles. The van der Waals surface area contributed by atoms with Crippen LogP contribution in [0.3, 0.4) is 0 Å². The van der Waals surface area contributed by atoms with Gasteiger partial charge in [-0.25, -0.2) is 0 Å². The van der Waals surface area contributed by atoms with E-state index < -0.39 is 11.9 Å². The molecule has 21 heavy (non-hydrogen) atoms. The molecule has 1 saturated heterocycles. The molecule has 1 N–H and O–H groups in total. The summed E-state index contributed by atoms with van der Waals surface area (Å²) in [6, 6.07) is 0. The molecule has 0 bridgehead atoms. The first-order chi connectivity index (χ1) is 9.96. The Morgan fingerprint density at radius 3 is 2.76 bits per heavy atom. The van der Waals surface area contributed by atoms with Crippen LogP contribution in [0.25, 0.3) is 0 Å². The van der Waals surface area contributed by atoms with Crippen molar-refractivity contribution in [3.05, 3.63) is 11.7 Å². The molecule has 2 fully saturated rings. The zero-order chi connectivity index (χ0) is 15.2. The molecule has 116 valence electrons. The molecule has 7 heteroatoms. The molecule has 0 aromatic carbocycles. The quantitative estimate of drug-likeness (QED) is 0.909. The minimum absolute atomic E-state index is 0.155. The number of carboxylic acid groups (broad SMARTS) is 1. The van der Waals surface area contributed by atoms with Crippen LogP contribution in [-0.4, -0.2) is 38.0 Å². The van der Waals surface area contributed by atoms with Crippen LogP contribution in [0, 0.1) is 11.3 Å². The molecule has 0 amide bonds. The van der Waals surface area contributed by atoms with E-state index >= 15 is 0 Å². The van der Waals surface area contributed by atoms with Gasteiger partial charge in [-0.15, -0.1) is 11.8 Å². The Kier molecular flexibility index (Phi) is 3.98. The lowest BCUT2D eigenvalue weighted by Gasteiger charge is -2.27. The van der Waals surface area contributed by atoms with Crippen LogP contribution in [0.4, 0.5) is 0 Å². The summed E-state index contributed by atoms with van der Waals surface area (Å²) in [5, 5.41) is 14.2. The van der Waals surface area contributed by atoms with E-state index in [0.29, 0.717) is 11.1 Å². The van der Waals surface area contributed by atoms with Crippen LogP contribution in [0.1, 0.15) is 50.1 Å². The summed E-state index contributed by atoms with van der Waals surface area (Å²) in [6.45, 7) is 6.07. The third kappa shape index (κ3) is 2.59. The van der Waals surface area contributed by atoms with Crippen molar-refractivity contribution in [2.24, 2.45) is 11.3 Å². The fraction of sp³-hybridized carbons (Fsp3) is 0.786. The molecule has 3 rings (SSSR count). The molecule has 0 radical (unpaired) electrons. The van der Waals surface area contributed by atoms with E-state index in [1.54, 1.807) is 0 Å². The standard InChI is InChI=1S/C14H20N2O3S2/c1-4-7-10(21-6-5-20-7)11-15-12(19-16-11)8-9(13(17)18)14(8,2)3/h7-10H,4-6H2,1-3H3,(H,17,18). The minimum atomic E-state index is -0.779. The molecule has 1 aliphatic heterocycles. The average molecular weight is 328 g/mol. The van der Waals surface area contributed by atoms with Gasteiger partial charge < -0.3 is 9.63 Å². The number of aliphatic carboxylic acids is 1. The van der Waals surface area contributed by atoms with E-state index in [9.17, 15) is 9.90 Å². The molecule has 2 heterocycles. The highest BCUT2D eigenvalue weighted by atomic mass is 32.2. The van der Waals surface area contributed by atoms with Gasteiger partial charge in [0.1, 0.15) is 0 Å². The van der Waals surface area contributed by atoms with E-state index in [2.05, 4.69) is 17.1 Å². The van der Waals surface area contributed by atoms with Crippen LogP contribution in [0.15, 0.2) is 4.52 Å². The maximum Gasteiger partial charge on any atom is 0.307 e. The molecule has 1 aromatic heterocycles. The Labute approximate surface area is 132 Å². The summed E-state index contributed by atoms with van der Waals surface area (Å²) in [6.07, 6.45) is 1.08. The highest BCUT2D eigenvalue weighted by molar-refractivity contribution is 8.06. The summed E-state index contributed by atoms with van der Waals surface area (Å²) < 4.78 is 5.40. The Morgan fingerprint density at radius 2 is 2.14 bits per heavy atom. The van der Waals surface area contributed by atoms with E-state index in [4.69, 9.17) is 4.52 Å². The third-order valence-corrected chi connectivity index (χ3v) is 7.77. The molecule has 4 atom stereocenters. The predicted octanol–water partition coefficient (Wildman–Crippen LogP) is 3.19. The maximum absolute atomic E-state index is 11.3. The second-order valence-electron chi connectivity index (χ2n) is 6.21. The Bertz CT molecular complexity index is 546. The predicted molar refractivity (Wildman–Crippen MR) is 83.7 cm³/mol. The molecule has 0 spiro atoms. The number of aromatic nitrogens is 2. The normalized spacial score (nSPS) is 34.6. The van der Waals surface area contributed by atoms with Crippen LogP contribution in [-0.2, 0) is 4.79 Å². The second kappa shape index (κ2) is 5.50. The first kappa shape index (κ1) is 15.2. The molecule has 5 nitrogen and oxygen atoms in total. The highest BCUT2D eigenvalue weighted by Gasteiger charge is 2.65. The smallest absolute Gasteiger partial charge is 0.307 e. The average Bonchev–Trinajstić information content (AvgIpc) is 2.84. The maximum atomic E-state index is 11.3. The van der Waals surface area contributed by atoms with Gasteiger partial charge in [0.15, 0.2) is 5.82 Å². The highest BCUT2D eigenvalue weighted by Crippen LogP contribution is 2.64. The summed E-state index contributed by atoms with van der Waals surface area (Å²) >= 11 is 3.85. The zero-order valence-electron chi connectivity index (χ0n) is 12.4. The largest absolute Gasteiger partial charge is 0.481 e. The van der Waals surface area contributed by atoms with E-state index in [-0.39, 0.29) is 16.6 Å². The SMILES string of the molecule is CCC1SCCSC1c1noc(C2C(C(=O)O)C2(C)C)n1. The van der Waals surface area contributed by atoms with Crippen molar-refractivity contribution in [2.45, 2.75) is 43.6 Å². The van der Waals surface area contributed by atoms with Gasteiger partial charge in [0.05, 0.1) is 17.1 Å². The van der Waals surface area contributed by atoms with Crippen molar-refractivity contribution < 1.29 is 14.4 Å². The Morgan fingerprint density at radius 1 is 1.43 bits per heavy atom. The van der Waals surface area contributed by atoms with Crippen LogP contribution >= 0.6 is 23.5 Å². The summed E-state index contributed by atoms with van der Waals surface area (Å²) in [5.41, 5.74) is -0.297. The van der Waals surface area contributed by atoms with E-state index in [1.165, 1.54) is 5.75 Å². The summed E-state index contributed by atoms with van der Waals surface area (Å²) in [7, 11) is 0. The molecular weight excluding hydrogens is 308 g/mol. The van der Waals surface area contributed by atoms with Crippen LogP contribution in [0.2, 0.25) is 0 Å². The lowest BCUT2D eigenvalue weighted by molar-refractivity contribution is -0.139. The van der Waals surface area contributed by atoms with Gasteiger partial charge in [-0.2, -0.15) is 16.7 Å². The fourth-order valence-corrected chi connectivity index (χ4v) is 6.17. The number of rotatable bonds is 4. The van der Waals surface area contributed by atoms with Crippen LogP contribution in [0.5, 0.6) is 0 Å². The van der Waals surface area contributed by atoms with Crippen molar-refractivity contribution in [3.63, 3.8) is 0 Å². The molecule has 1 aliphatic carbocycles. The lowest BCUT2D eigenvalue weighted by atomic mass is 10.1. The summed E-state index contributed by atoms with van der Waals surface area (Å²) in [5.74, 6) is 2.15. The summed E-state index contributed by atoms with van der Waals surface area (Å²) in [4.78, 5) is 15.8. The van der Waals surface area contributed by atoms with Gasteiger partial charge in [0, 0.05) is 16.8 Å². The Balaban J connectivity index is 1.79. The van der Waals surface area contributed by atoms with Crippen molar-refractivity contribution in [1.29, 1.82) is 0 Å². The number of carbonyl (C=O) groups is 1. The fourth-order valence-electron chi connectivity index (χ4n) is 3.19. The van der Waals surface area contributed by atoms with Crippen molar-refractivity contribution >= 4 is 29.5 Å². The topological polar surface area (TPSA) is 76.2 Å². The van der Waals surface area contributed by atoms with Gasteiger partial charge in [-0.3, -0.25) is 4.79 Å². The van der Waals surface area contributed by atoms with E-state index in [1.807, 2.05) is 37.4 Å². The third-order valence-electron chi connectivity index (χ3n) is 4.52. The van der Waals surface area contributed by atoms with Gasteiger partial charge in [-0.05, 0) is 11.8 Å². The first-order valence-electron chi connectivity index (χ1n) is 7.26. The molecule has 4 unspecified atom stereocenters. The van der Waals surface area contributed by atoms with Gasteiger partial charge >= 0.3 is 5.97 Å². The number of hydrogen-bond donors (Lipinski definition) is 1. The van der Waals surface area contributed by atoms with Crippen molar-refractivity contribution in [2.75, 3.05) is 11.5 Å². The van der Waals surface area contributed by atoms with Gasteiger partial charge in [-0.1, -0.05) is 25.9 Å². The molecule has 1 aromatic rings. The van der Waals surface area contributed by atoms with Gasteiger partial charge in [0.2, 0.25) is 5.89 Å². The number of carboxylic acids is 1. The second-order valence-corrected chi connectivity index (χ2v) is 8.81. The molecule has 2 aliphatic rings. The first-order valence-corrected chi connectivity index (χ1v) is 9.36. The monoisotopic (exact) mass is 328 g/mol. The number of hydrogen-bond acceptors (Lipinski definition) is 6. The molecular formula is C14H20N2O3S2. The number of nitrogens with zero attached hydrogens (tertiary/aromatic N) is 2. The lowest BCUT2D eigenvalue weighted by Crippen LogP contribution is -2.19. The van der Waals surface area contributed by atoms with Crippen molar-refractivity contribution in [1.82, 2.24) is 10.1 Å². The van der Waals surface area contributed by atoms with Crippen LogP contribution < -0.4 is 0 Å².